The van der Waals surface area contributed by atoms with E-state index in [2.05, 4.69) is 14.5 Å². The lowest BCUT2D eigenvalue weighted by molar-refractivity contribution is -0.141. The number of nitrogens with two attached hydrogens (primary N) is 1. The number of halogens is 1. The highest BCUT2D eigenvalue weighted by atomic mass is 19.1. The van der Waals surface area contributed by atoms with Gasteiger partial charge in [-0.2, -0.15) is 4.39 Å². The molecule has 0 aliphatic carbocycles. The normalized spacial score (nSPS) is 11.8. The molecule has 0 amide bonds. The van der Waals surface area contributed by atoms with Crippen molar-refractivity contribution in [1.29, 1.82) is 0 Å². The standard InChI is InChI=1S/C13H17FN2O4/c1-2-3-6-19-13(18)20-12(17)10(15)7-9-4-5-11(14)16-8-9/h4-5,8,10H,2-3,6-7,15H2,1H3/t10-/m1/s1. The van der Waals surface area contributed by atoms with Crippen LogP contribution in [-0.4, -0.2) is 29.8 Å². The Hall–Kier alpha value is -2.02. The van der Waals surface area contributed by atoms with Crippen molar-refractivity contribution in [2.24, 2.45) is 5.73 Å². The Morgan fingerprint density at radius 1 is 1.45 bits per heavy atom. The van der Waals surface area contributed by atoms with Crippen molar-refractivity contribution in [2.45, 2.75) is 32.2 Å². The second kappa shape index (κ2) is 8.21. The zero-order valence-corrected chi connectivity index (χ0v) is 11.2. The number of esters is 1. The van der Waals surface area contributed by atoms with Gasteiger partial charge in [0.25, 0.3) is 0 Å². The molecule has 2 N–H and O–H groups in total. The summed E-state index contributed by atoms with van der Waals surface area (Å²) in [4.78, 5) is 26.1. The van der Waals surface area contributed by atoms with Crippen molar-refractivity contribution in [2.75, 3.05) is 6.61 Å². The van der Waals surface area contributed by atoms with Crippen LogP contribution in [0.25, 0.3) is 0 Å². The van der Waals surface area contributed by atoms with Crippen molar-refractivity contribution in [3.8, 4) is 0 Å². The van der Waals surface area contributed by atoms with Crippen molar-refractivity contribution >= 4 is 12.1 Å². The predicted octanol–water partition coefficient (Wildman–Crippen LogP) is 1.57. The molecular formula is C13H17FN2O4. The molecule has 0 aliphatic rings. The van der Waals surface area contributed by atoms with E-state index in [1.54, 1.807) is 0 Å². The van der Waals surface area contributed by atoms with Crippen LogP contribution in [0.15, 0.2) is 18.3 Å². The molecule has 1 rings (SSSR count). The molecule has 0 fully saturated rings. The van der Waals surface area contributed by atoms with Gasteiger partial charge in [-0.05, 0) is 24.5 Å². The summed E-state index contributed by atoms with van der Waals surface area (Å²) in [5.74, 6) is -1.51. The number of pyridine rings is 1. The highest BCUT2D eigenvalue weighted by Crippen LogP contribution is 2.04. The summed E-state index contributed by atoms with van der Waals surface area (Å²) in [7, 11) is 0. The molecule has 0 spiro atoms. The van der Waals surface area contributed by atoms with Crippen LogP contribution in [0.4, 0.5) is 9.18 Å². The zero-order valence-electron chi connectivity index (χ0n) is 11.2. The first kappa shape index (κ1) is 16.0. The number of nitrogens with zero attached hydrogens (tertiary/aromatic N) is 1. The summed E-state index contributed by atoms with van der Waals surface area (Å²) >= 11 is 0. The summed E-state index contributed by atoms with van der Waals surface area (Å²) < 4.78 is 21.7. The van der Waals surface area contributed by atoms with Crippen LogP contribution in [-0.2, 0) is 20.7 Å². The molecule has 0 aromatic carbocycles. The van der Waals surface area contributed by atoms with Crippen LogP contribution >= 0.6 is 0 Å². The van der Waals surface area contributed by atoms with Gasteiger partial charge in [-0.25, -0.2) is 14.6 Å². The molecule has 0 saturated carbocycles. The third-order valence-corrected chi connectivity index (χ3v) is 2.45. The minimum Gasteiger partial charge on any atom is -0.434 e. The Labute approximate surface area is 116 Å². The Balaban J connectivity index is 2.38. The number of hydrogen-bond donors (Lipinski definition) is 1. The maximum Gasteiger partial charge on any atom is 0.516 e. The second-order valence-corrected chi connectivity index (χ2v) is 4.17. The van der Waals surface area contributed by atoms with Gasteiger partial charge in [0.15, 0.2) is 0 Å². The van der Waals surface area contributed by atoms with Crippen molar-refractivity contribution in [3.05, 3.63) is 29.8 Å². The van der Waals surface area contributed by atoms with Crippen LogP contribution < -0.4 is 5.73 Å². The quantitative estimate of drug-likeness (QED) is 0.369. The Bertz CT molecular complexity index is 450. The van der Waals surface area contributed by atoms with Crippen LogP contribution in [0.3, 0.4) is 0 Å². The van der Waals surface area contributed by atoms with Gasteiger partial charge < -0.3 is 15.2 Å². The SMILES string of the molecule is CCCCOC(=O)OC(=O)[C@H](N)Cc1ccc(F)nc1. The minimum absolute atomic E-state index is 0.0916. The molecule has 110 valence electrons. The van der Waals surface area contributed by atoms with Gasteiger partial charge >= 0.3 is 12.1 Å². The largest absolute Gasteiger partial charge is 0.516 e. The molecule has 0 bridgehead atoms. The first-order valence-electron chi connectivity index (χ1n) is 6.27. The van der Waals surface area contributed by atoms with E-state index in [0.717, 1.165) is 12.5 Å². The topological polar surface area (TPSA) is 91.5 Å². The van der Waals surface area contributed by atoms with Crippen molar-refractivity contribution < 1.29 is 23.5 Å². The molecule has 1 heterocycles. The van der Waals surface area contributed by atoms with E-state index in [9.17, 15) is 14.0 Å². The number of aromatic nitrogens is 1. The number of carbonyl (C=O) groups is 2. The highest BCUT2D eigenvalue weighted by molar-refractivity contribution is 5.85. The molecule has 0 radical (unpaired) electrons. The summed E-state index contributed by atoms with van der Waals surface area (Å²) in [6.07, 6.45) is 1.85. The smallest absolute Gasteiger partial charge is 0.434 e. The van der Waals surface area contributed by atoms with Crippen molar-refractivity contribution in [1.82, 2.24) is 4.98 Å². The summed E-state index contributed by atoms with van der Waals surface area (Å²) in [5.41, 5.74) is 6.15. The van der Waals surface area contributed by atoms with Gasteiger partial charge in [0.1, 0.15) is 6.04 Å². The third kappa shape index (κ3) is 5.75. The van der Waals surface area contributed by atoms with Gasteiger partial charge in [0.2, 0.25) is 5.95 Å². The monoisotopic (exact) mass is 284 g/mol. The molecule has 0 aliphatic heterocycles. The second-order valence-electron chi connectivity index (χ2n) is 4.17. The molecular weight excluding hydrogens is 267 g/mol. The molecule has 6 nitrogen and oxygen atoms in total. The first-order valence-corrected chi connectivity index (χ1v) is 6.27. The molecule has 7 heteroatoms. The lowest BCUT2D eigenvalue weighted by Crippen LogP contribution is -2.36. The predicted molar refractivity (Wildman–Crippen MR) is 68.2 cm³/mol. The zero-order chi connectivity index (χ0) is 15.0. The summed E-state index contributed by atoms with van der Waals surface area (Å²) in [6.45, 7) is 2.13. The van der Waals surface area contributed by atoms with E-state index in [-0.39, 0.29) is 13.0 Å². The summed E-state index contributed by atoms with van der Waals surface area (Å²) in [5, 5.41) is 0. The number of ether oxygens (including phenoxy) is 2. The van der Waals surface area contributed by atoms with Gasteiger partial charge in [0.05, 0.1) is 6.61 Å². The Morgan fingerprint density at radius 3 is 2.80 bits per heavy atom. The van der Waals surface area contributed by atoms with E-state index in [0.29, 0.717) is 12.0 Å². The van der Waals surface area contributed by atoms with Crippen LogP contribution in [0.2, 0.25) is 0 Å². The molecule has 1 aromatic rings. The van der Waals surface area contributed by atoms with Crippen LogP contribution in [0.1, 0.15) is 25.3 Å². The lowest BCUT2D eigenvalue weighted by atomic mass is 10.1. The van der Waals surface area contributed by atoms with Crippen LogP contribution in [0, 0.1) is 5.95 Å². The Kier molecular flexibility index (Phi) is 6.58. The number of unbranched alkanes of at least 4 members (excludes halogenated alkanes) is 1. The van der Waals surface area contributed by atoms with E-state index in [1.165, 1.54) is 12.3 Å². The fourth-order valence-electron chi connectivity index (χ4n) is 1.35. The first-order chi connectivity index (χ1) is 9.52. The van der Waals surface area contributed by atoms with E-state index >= 15 is 0 Å². The Morgan fingerprint density at radius 2 is 2.20 bits per heavy atom. The van der Waals surface area contributed by atoms with Gasteiger partial charge in [-0.15, -0.1) is 0 Å². The number of hydrogen-bond acceptors (Lipinski definition) is 6. The molecule has 1 aromatic heterocycles. The fourth-order valence-corrected chi connectivity index (χ4v) is 1.35. The molecule has 1 atom stereocenters. The maximum atomic E-state index is 12.6. The van der Waals surface area contributed by atoms with E-state index in [1.807, 2.05) is 6.92 Å². The number of carbonyl (C=O) groups excluding carboxylic acids is 2. The third-order valence-electron chi connectivity index (χ3n) is 2.45. The van der Waals surface area contributed by atoms with Crippen LogP contribution in [0.5, 0.6) is 0 Å². The maximum absolute atomic E-state index is 12.6. The fraction of sp³-hybridized carbons (Fsp3) is 0.462. The van der Waals surface area contributed by atoms with E-state index < -0.39 is 24.1 Å². The van der Waals surface area contributed by atoms with Gasteiger partial charge in [-0.3, -0.25) is 0 Å². The molecule has 0 unspecified atom stereocenters. The average Bonchev–Trinajstić information content (AvgIpc) is 2.41. The molecule has 0 saturated heterocycles. The lowest BCUT2D eigenvalue weighted by Gasteiger charge is -2.10. The average molecular weight is 284 g/mol. The minimum atomic E-state index is -1.06. The number of rotatable bonds is 6. The van der Waals surface area contributed by atoms with Gasteiger partial charge in [-0.1, -0.05) is 19.4 Å². The molecule has 20 heavy (non-hydrogen) atoms. The van der Waals surface area contributed by atoms with Gasteiger partial charge in [0, 0.05) is 6.20 Å². The van der Waals surface area contributed by atoms with Crippen molar-refractivity contribution in [3.63, 3.8) is 0 Å². The summed E-state index contributed by atoms with van der Waals surface area (Å²) in [6, 6.07) is 1.57. The highest BCUT2D eigenvalue weighted by Gasteiger charge is 2.20. The van der Waals surface area contributed by atoms with E-state index in [4.69, 9.17) is 5.73 Å².